The number of alkyl carbamates (subject to hydrolysis) is 1. The maximum atomic E-state index is 12.4. The summed E-state index contributed by atoms with van der Waals surface area (Å²) in [5.74, 6) is -0.852. The summed E-state index contributed by atoms with van der Waals surface area (Å²) in [4.78, 5) is 24.0. The number of rotatable bonds is 5. The SMILES string of the molecule is CC(=O)N[C@H]1C=C[C@@H](C(C#N)(C#N)O[Si](C)(C)C(C)(C)C)C[C@@H]1NC(=O)OC(C)(C)C. The fraction of sp³-hybridized carbons (Fsp3) is 0.727. The lowest BCUT2D eigenvalue weighted by Gasteiger charge is -2.44. The maximum absolute atomic E-state index is 12.4. The van der Waals surface area contributed by atoms with Crippen molar-refractivity contribution in [2.24, 2.45) is 5.92 Å². The second-order valence-corrected chi connectivity index (χ2v) is 15.3. The molecule has 0 heterocycles. The van der Waals surface area contributed by atoms with E-state index in [1.165, 1.54) is 6.92 Å². The fourth-order valence-corrected chi connectivity index (χ4v) is 4.40. The lowest BCUT2D eigenvalue weighted by Crippen LogP contribution is -2.57. The quantitative estimate of drug-likeness (QED) is 0.487. The summed E-state index contributed by atoms with van der Waals surface area (Å²) in [6, 6.07) is 3.13. The minimum absolute atomic E-state index is 0.197. The molecule has 31 heavy (non-hydrogen) atoms. The standard InChI is InChI=1S/C22H36N4O4Si/c1-15(27)25-17-11-10-16(12-18(17)26-19(28)29-20(2,3)4)22(13-23,14-24)30-31(8,9)21(5,6)7/h10-11,16-18H,12H2,1-9H3,(H,25,27)(H,26,28)/t16-,17+,18+/m1/s1. The van der Waals surface area contributed by atoms with E-state index in [9.17, 15) is 20.1 Å². The van der Waals surface area contributed by atoms with Gasteiger partial charge in [0, 0.05) is 12.8 Å². The first-order valence-electron chi connectivity index (χ1n) is 10.4. The second-order valence-electron chi connectivity index (χ2n) is 10.5. The molecular formula is C22H36N4O4Si. The van der Waals surface area contributed by atoms with E-state index in [1.807, 2.05) is 33.9 Å². The van der Waals surface area contributed by atoms with Crippen molar-refractivity contribution in [2.45, 2.75) is 96.3 Å². The lowest BCUT2D eigenvalue weighted by molar-refractivity contribution is -0.119. The molecule has 0 fully saturated rings. The van der Waals surface area contributed by atoms with Gasteiger partial charge in [0.2, 0.25) is 11.5 Å². The summed E-state index contributed by atoms with van der Waals surface area (Å²) in [5, 5.41) is 25.4. The highest BCUT2D eigenvalue weighted by Gasteiger charge is 2.50. The minimum atomic E-state index is -2.46. The predicted molar refractivity (Wildman–Crippen MR) is 120 cm³/mol. The number of nitrogens with one attached hydrogen (secondary N) is 2. The number of carbonyl (C=O) groups excluding carboxylic acids is 2. The van der Waals surface area contributed by atoms with Gasteiger partial charge >= 0.3 is 6.09 Å². The van der Waals surface area contributed by atoms with Crippen LogP contribution in [-0.4, -0.2) is 43.6 Å². The molecule has 0 aromatic rings. The molecule has 8 nitrogen and oxygen atoms in total. The number of nitrogens with zero attached hydrogens (tertiary/aromatic N) is 2. The topological polar surface area (TPSA) is 124 Å². The number of nitriles is 2. The Hall–Kier alpha value is -2.36. The smallest absolute Gasteiger partial charge is 0.407 e. The lowest BCUT2D eigenvalue weighted by atomic mass is 9.79. The first-order valence-corrected chi connectivity index (χ1v) is 13.3. The highest BCUT2D eigenvalue weighted by molar-refractivity contribution is 6.74. The van der Waals surface area contributed by atoms with Crippen LogP contribution < -0.4 is 10.6 Å². The minimum Gasteiger partial charge on any atom is -0.444 e. The van der Waals surface area contributed by atoms with E-state index >= 15 is 0 Å². The van der Waals surface area contributed by atoms with Crippen LogP contribution in [0.25, 0.3) is 0 Å². The molecule has 0 bridgehead atoms. The van der Waals surface area contributed by atoms with Crippen LogP contribution in [0.4, 0.5) is 4.79 Å². The number of carbonyl (C=O) groups is 2. The van der Waals surface area contributed by atoms with Gasteiger partial charge in [-0.15, -0.1) is 0 Å². The summed E-state index contributed by atoms with van der Waals surface area (Å²) in [5.41, 5.74) is -2.39. The third kappa shape index (κ3) is 7.08. The summed E-state index contributed by atoms with van der Waals surface area (Å²) in [6.07, 6.45) is 3.03. The van der Waals surface area contributed by atoms with Crippen molar-refractivity contribution in [3.05, 3.63) is 12.2 Å². The first-order chi connectivity index (χ1) is 14.0. The molecule has 1 aliphatic rings. The van der Waals surface area contributed by atoms with Crippen molar-refractivity contribution in [1.29, 1.82) is 10.5 Å². The molecule has 0 saturated carbocycles. The van der Waals surface area contributed by atoms with Crippen LogP contribution >= 0.6 is 0 Å². The van der Waals surface area contributed by atoms with Gasteiger partial charge in [-0.25, -0.2) is 4.79 Å². The van der Waals surface area contributed by atoms with E-state index in [-0.39, 0.29) is 17.4 Å². The Balaban J connectivity index is 3.26. The van der Waals surface area contributed by atoms with Crippen LogP contribution in [0.5, 0.6) is 0 Å². The van der Waals surface area contributed by atoms with Crippen LogP contribution in [0.15, 0.2) is 12.2 Å². The largest absolute Gasteiger partial charge is 0.444 e. The van der Waals surface area contributed by atoms with E-state index in [0.29, 0.717) is 0 Å². The Morgan fingerprint density at radius 2 is 1.58 bits per heavy atom. The number of amides is 2. The Morgan fingerprint density at radius 3 is 2.00 bits per heavy atom. The van der Waals surface area contributed by atoms with Gasteiger partial charge in [-0.05, 0) is 45.3 Å². The number of hydrogen-bond acceptors (Lipinski definition) is 6. The average molecular weight is 449 g/mol. The Bertz CT molecular complexity index is 782. The molecule has 2 N–H and O–H groups in total. The van der Waals surface area contributed by atoms with Gasteiger partial charge in [-0.1, -0.05) is 32.9 Å². The van der Waals surface area contributed by atoms with Gasteiger partial charge in [-0.2, -0.15) is 10.5 Å². The molecule has 0 aromatic carbocycles. The van der Waals surface area contributed by atoms with Crippen LogP contribution in [0.1, 0.15) is 54.9 Å². The molecular weight excluding hydrogens is 412 g/mol. The maximum Gasteiger partial charge on any atom is 0.407 e. The molecule has 1 rings (SSSR count). The third-order valence-electron chi connectivity index (χ3n) is 5.64. The zero-order valence-electron chi connectivity index (χ0n) is 20.1. The molecule has 9 heteroatoms. The molecule has 172 valence electrons. The zero-order valence-corrected chi connectivity index (χ0v) is 21.1. The van der Waals surface area contributed by atoms with E-state index < -0.39 is 43.6 Å². The third-order valence-corrected chi connectivity index (χ3v) is 10.1. The monoisotopic (exact) mass is 448 g/mol. The van der Waals surface area contributed by atoms with Gasteiger partial charge in [0.25, 0.3) is 0 Å². The van der Waals surface area contributed by atoms with Crippen LogP contribution in [0, 0.1) is 28.6 Å². The van der Waals surface area contributed by atoms with Crippen molar-refractivity contribution in [3.63, 3.8) is 0 Å². The summed E-state index contributed by atoms with van der Waals surface area (Å²) >= 11 is 0. The zero-order chi connectivity index (χ0) is 24.3. The van der Waals surface area contributed by atoms with Crippen LogP contribution in [0.3, 0.4) is 0 Å². The first kappa shape index (κ1) is 26.7. The average Bonchev–Trinajstić information content (AvgIpc) is 2.58. The molecule has 0 radical (unpaired) electrons. The molecule has 1 aliphatic carbocycles. The molecule has 0 aliphatic heterocycles. The van der Waals surface area contributed by atoms with Gasteiger partial charge in [0.05, 0.1) is 12.1 Å². The Morgan fingerprint density at radius 1 is 1.03 bits per heavy atom. The highest BCUT2D eigenvalue weighted by Crippen LogP contribution is 2.42. The summed E-state index contributed by atoms with van der Waals surface area (Å²) in [7, 11) is -2.46. The summed E-state index contributed by atoms with van der Waals surface area (Å²) < 4.78 is 11.7. The fourth-order valence-electron chi connectivity index (χ4n) is 3.05. The number of ether oxygens (including phenoxy) is 1. The Kier molecular flexibility index (Phi) is 8.10. The molecule has 0 spiro atoms. The highest BCUT2D eigenvalue weighted by atomic mass is 28.4. The second kappa shape index (κ2) is 9.42. The van der Waals surface area contributed by atoms with Crippen molar-refractivity contribution in [3.8, 4) is 12.1 Å². The normalized spacial score (nSPS) is 22.1. The van der Waals surface area contributed by atoms with E-state index in [4.69, 9.17) is 9.16 Å². The van der Waals surface area contributed by atoms with Crippen LogP contribution in [0.2, 0.25) is 18.1 Å². The van der Waals surface area contributed by atoms with Crippen molar-refractivity contribution in [1.82, 2.24) is 10.6 Å². The van der Waals surface area contributed by atoms with E-state index in [0.717, 1.165) is 0 Å². The molecule has 0 unspecified atom stereocenters. The molecule has 3 atom stereocenters. The van der Waals surface area contributed by atoms with Crippen LogP contribution in [-0.2, 0) is 14.0 Å². The van der Waals surface area contributed by atoms with Gasteiger partial charge in [0.15, 0.2) is 8.32 Å². The molecule has 2 amide bonds. The van der Waals surface area contributed by atoms with Gasteiger partial charge < -0.3 is 19.8 Å². The van der Waals surface area contributed by atoms with Crippen molar-refractivity contribution < 1.29 is 18.8 Å². The van der Waals surface area contributed by atoms with E-state index in [1.54, 1.807) is 32.9 Å². The van der Waals surface area contributed by atoms with Crippen molar-refractivity contribution >= 4 is 20.3 Å². The molecule has 0 aromatic heterocycles. The molecule has 0 saturated heterocycles. The van der Waals surface area contributed by atoms with E-state index in [2.05, 4.69) is 22.8 Å². The summed E-state index contributed by atoms with van der Waals surface area (Å²) in [6.45, 7) is 16.7. The predicted octanol–water partition coefficient (Wildman–Crippen LogP) is 3.77. The Labute approximate surface area is 187 Å². The van der Waals surface area contributed by atoms with Gasteiger partial charge in [-0.3, -0.25) is 4.79 Å². The number of hydrogen-bond donors (Lipinski definition) is 2. The van der Waals surface area contributed by atoms with Crippen molar-refractivity contribution in [2.75, 3.05) is 0 Å². The van der Waals surface area contributed by atoms with Gasteiger partial charge in [0.1, 0.15) is 17.7 Å².